The van der Waals surface area contributed by atoms with Crippen LogP contribution in [0.4, 0.5) is 0 Å². The van der Waals surface area contributed by atoms with Crippen LogP contribution >= 0.6 is 15.9 Å². The zero-order valence-electron chi connectivity index (χ0n) is 7.13. The van der Waals surface area contributed by atoms with Gasteiger partial charge in [-0.3, -0.25) is 0 Å². The smallest absolute Gasteiger partial charge is 0.0577 e. The van der Waals surface area contributed by atoms with Gasteiger partial charge in [-0.15, -0.1) is 0 Å². The second-order valence-corrected chi connectivity index (χ2v) is 3.81. The molecule has 1 atom stereocenters. The third kappa shape index (κ3) is 2.95. The van der Waals surface area contributed by atoms with E-state index in [9.17, 15) is 5.11 Å². The fourth-order valence-corrected chi connectivity index (χ4v) is 1.30. The first-order valence-electron chi connectivity index (χ1n) is 4.15. The number of rotatable bonds is 3. The molecule has 0 aliphatic rings. The van der Waals surface area contributed by atoms with Gasteiger partial charge < -0.3 is 5.11 Å². The molecule has 2 heteroatoms. The maximum Gasteiger partial charge on any atom is 0.0577 e. The molecule has 1 aromatic carbocycles. The summed E-state index contributed by atoms with van der Waals surface area (Å²) in [6.45, 7) is 1.99. The van der Waals surface area contributed by atoms with Gasteiger partial charge in [-0.2, -0.15) is 0 Å². The summed E-state index contributed by atoms with van der Waals surface area (Å²) in [7, 11) is 0. The van der Waals surface area contributed by atoms with E-state index in [1.807, 2.05) is 31.2 Å². The van der Waals surface area contributed by atoms with Gasteiger partial charge in [0.2, 0.25) is 0 Å². The zero-order valence-corrected chi connectivity index (χ0v) is 8.71. The minimum Gasteiger partial charge on any atom is -0.393 e. The van der Waals surface area contributed by atoms with Crippen molar-refractivity contribution in [3.63, 3.8) is 0 Å². The van der Waals surface area contributed by atoms with E-state index in [0.29, 0.717) is 0 Å². The van der Waals surface area contributed by atoms with Crippen molar-refractivity contribution in [2.24, 2.45) is 0 Å². The lowest BCUT2D eigenvalue weighted by Gasteiger charge is -2.06. The van der Waals surface area contributed by atoms with Gasteiger partial charge in [-0.05, 0) is 30.5 Å². The highest BCUT2D eigenvalue weighted by Crippen LogP contribution is 2.12. The third-order valence-corrected chi connectivity index (χ3v) is 2.38. The van der Waals surface area contributed by atoms with Gasteiger partial charge in [-0.1, -0.05) is 35.0 Å². The molecule has 1 N–H and O–H groups in total. The van der Waals surface area contributed by atoms with Gasteiger partial charge in [0.1, 0.15) is 0 Å². The molecule has 0 amide bonds. The minimum absolute atomic E-state index is 0.203. The summed E-state index contributed by atoms with van der Waals surface area (Å²) < 4.78 is 1.08. The van der Waals surface area contributed by atoms with Crippen LogP contribution in [0.5, 0.6) is 0 Å². The Morgan fingerprint density at radius 2 is 1.92 bits per heavy atom. The Kier molecular flexibility index (Phi) is 3.76. The van der Waals surface area contributed by atoms with Crippen LogP contribution in [0.3, 0.4) is 0 Å². The fraction of sp³-hybridized carbons (Fsp3) is 0.400. The summed E-state index contributed by atoms with van der Waals surface area (Å²) >= 11 is 3.37. The molecule has 0 aliphatic heterocycles. The molecule has 0 aliphatic carbocycles. The molecule has 66 valence electrons. The van der Waals surface area contributed by atoms with Crippen molar-refractivity contribution >= 4 is 15.9 Å². The second kappa shape index (κ2) is 4.63. The summed E-state index contributed by atoms with van der Waals surface area (Å²) in [6, 6.07) is 8.06. The minimum atomic E-state index is -0.203. The highest BCUT2D eigenvalue weighted by Gasteiger charge is 2.01. The predicted octanol–water partition coefficient (Wildman–Crippen LogP) is 2.76. The quantitative estimate of drug-likeness (QED) is 0.844. The predicted molar refractivity (Wildman–Crippen MR) is 54.1 cm³/mol. The molecule has 0 spiro atoms. The van der Waals surface area contributed by atoms with E-state index in [0.717, 1.165) is 17.3 Å². The average molecular weight is 229 g/mol. The van der Waals surface area contributed by atoms with E-state index in [1.165, 1.54) is 5.56 Å². The molecule has 0 fully saturated rings. The van der Waals surface area contributed by atoms with E-state index < -0.39 is 0 Å². The normalized spacial score (nSPS) is 12.9. The van der Waals surface area contributed by atoms with E-state index >= 15 is 0 Å². The monoisotopic (exact) mass is 228 g/mol. The summed E-state index contributed by atoms with van der Waals surface area (Å²) in [5.74, 6) is 0. The lowest BCUT2D eigenvalue weighted by Crippen LogP contribution is -2.07. The molecule has 1 aromatic rings. The van der Waals surface area contributed by atoms with Crippen molar-refractivity contribution in [3.05, 3.63) is 34.3 Å². The Hall–Kier alpha value is -0.340. The molecule has 1 unspecified atom stereocenters. The standard InChI is InChI=1S/C10H13BrO/c1-2-10(12)7-8-3-5-9(11)6-4-8/h3-6,10,12H,2,7H2,1H3. The summed E-state index contributed by atoms with van der Waals surface area (Å²) in [6.07, 6.45) is 1.37. The number of hydrogen-bond acceptors (Lipinski definition) is 1. The third-order valence-electron chi connectivity index (χ3n) is 1.86. The number of benzene rings is 1. The Balaban J connectivity index is 2.58. The van der Waals surface area contributed by atoms with Crippen molar-refractivity contribution in [2.45, 2.75) is 25.9 Å². The van der Waals surface area contributed by atoms with Crippen molar-refractivity contribution in [1.82, 2.24) is 0 Å². The van der Waals surface area contributed by atoms with Crippen LogP contribution in [0.1, 0.15) is 18.9 Å². The van der Waals surface area contributed by atoms with Crippen molar-refractivity contribution in [3.8, 4) is 0 Å². The molecule has 0 aromatic heterocycles. The van der Waals surface area contributed by atoms with Crippen molar-refractivity contribution in [2.75, 3.05) is 0 Å². The van der Waals surface area contributed by atoms with Gasteiger partial charge in [0.15, 0.2) is 0 Å². The molecule has 0 heterocycles. The molecular weight excluding hydrogens is 216 g/mol. The van der Waals surface area contributed by atoms with Gasteiger partial charge in [-0.25, -0.2) is 0 Å². The largest absolute Gasteiger partial charge is 0.393 e. The van der Waals surface area contributed by atoms with Crippen LogP contribution < -0.4 is 0 Å². The summed E-state index contributed by atoms with van der Waals surface area (Å²) in [5, 5.41) is 9.37. The molecule has 0 saturated heterocycles. The maximum atomic E-state index is 9.37. The second-order valence-electron chi connectivity index (χ2n) is 2.89. The van der Waals surface area contributed by atoms with E-state index in [4.69, 9.17) is 0 Å². The van der Waals surface area contributed by atoms with Gasteiger partial charge in [0.05, 0.1) is 6.10 Å². The fourth-order valence-electron chi connectivity index (χ4n) is 1.04. The maximum absolute atomic E-state index is 9.37. The lowest BCUT2D eigenvalue weighted by molar-refractivity contribution is 0.171. The van der Waals surface area contributed by atoms with Gasteiger partial charge in [0.25, 0.3) is 0 Å². The van der Waals surface area contributed by atoms with Crippen LogP contribution in [0, 0.1) is 0 Å². The molecule has 0 bridgehead atoms. The zero-order chi connectivity index (χ0) is 8.97. The Morgan fingerprint density at radius 1 is 1.33 bits per heavy atom. The summed E-state index contributed by atoms with van der Waals surface area (Å²) in [5.41, 5.74) is 1.19. The highest BCUT2D eigenvalue weighted by atomic mass is 79.9. The molecule has 0 saturated carbocycles. The number of aliphatic hydroxyl groups is 1. The van der Waals surface area contributed by atoms with E-state index in [1.54, 1.807) is 0 Å². The van der Waals surface area contributed by atoms with E-state index in [-0.39, 0.29) is 6.10 Å². The lowest BCUT2D eigenvalue weighted by atomic mass is 10.1. The van der Waals surface area contributed by atoms with Crippen LogP contribution in [0.25, 0.3) is 0 Å². The average Bonchev–Trinajstić information content (AvgIpc) is 2.09. The Morgan fingerprint density at radius 3 is 2.42 bits per heavy atom. The molecule has 1 rings (SSSR count). The first-order valence-corrected chi connectivity index (χ1v) is 4.94. The first-order chi connectivity index (χ1) is 5.72. The Bertz CT molecular complexity index is 230. The summed E-state index contributed by atoms with van der Waals surface area (Å²) in [4.78, 5) is 0. The molecular formula is C10H13BrO. The SMILES string of the molecule is CCC(O)Cc1ccc(Br)cc1. The van der Waals surface area contributed by atoms with Crippen LogP contribution in [0.2, 0.25) is 0 Å². The van der Waals surface area contributed by atoms with Crippen LogP contribution in [0.15, 0.2) is 28.7 Å². The van der Waals surface area contributed by atoms with Crippen LogP contribution in [-0.4, -0.2) is 11.2 Å². The number of hydrogen-bond donors (Lipinski definition) is 1. The van der Waals surface area contributed by atoms with Gasteiger partial charge >= 0.3 is 0 Å². The molecule has 1 nitrogen and oxygen atoms in total. The topological polar surface area (TPSA) is 20.2 Å². The number of halogens is 1. The first kappa shape index (κ1) is 9.75. The van der Waals surface area contributed by atoms with Crippen LogP contribution in [-0.2, 0) is 6.42 Å². The highest BCUT2D eigenvalue weighted by molar-refractivity contribution is 9.10. The van der Waals surface area contributed by atoms with Crippen molar-refractivity contribution < 1.29 is 5.11 Å². The molecule has 12 heavy (non-hydrogen) atoms. The molecule has 0 radical (unpaired) electrons. The van der Waals surface area contributed by atoms with E-state index in [2.05, 4.69) is 15.9 Å². The Labute approximate surface area is 81.6 Å². The van der Waals surface area contributed by atoms with Crippen molar-refractivity contribution in [1.29, 1.82) is 0 Å². The van der Waals surface area contributed by atoms with Gasteiger partial charge in [0, 0.05) is 4.47 Å². The number of aliphatic hydroxyl groups excluding tert-OH is 1.